The Labute approximate surface area is 124 Å². The Morgan fingerprint density at radius 3 is 2.62 bits per heavy atom. The normalized spacial score (nSPS) is 15.4. The molecule has 110 valence electrons. The summed E-state index contributed by atoms with van der Waals surface area (Å²) in [5.74, 6) is 0.549. The van der Waals surface area contributed by atoms with Crippen molar-refractivity contribution in [1.82, 2.24) is 0 Å². The molecule has 0 heterocycles. The summed E-state index contributed by atoms with van der Waals surface area (Å²) in [6.45, 7) is 1.83. The lowest BCUT2D eigenvalue weighted by Gasteiger charge is -2.18. The molecular formula is C18H20FNO. The number of ether oxygens (including phenoxy) is 1. The van der Waals surface area contributed by atoms with E-state index in [-0.39, 0.29) is 17.6 Å². The topological polar surface area (TPSA) is 35.2 Å². The number of rotatable bonds is 3. The van der Waals surface area contributed by atoms with E-state index in [0.29, 0.717) is 11.3 Å². The molecule has 1 unspecified atom stereocenters. The second kappa shape index (κ2) is 5.86. The number of aryl methyl sites for hydroxylation is 2. The molecular weight excluding hydrogens is 265 g/mol. The number of halogens is 1. The number of hydrogen-bond donors (Lipinski definition) is 1. The van der Waals surface area contributed by atoms with E-state index in [1.54, 1.807) is 6.07 Å². The Hall–Kier alpha value is -1.87. The largest absolute Gasteiger partial charge is 0.454 e. The Morgan fingerprint density at radius 1 is 1.10 bits per heavy atom. The fourth-order valence-corrected chi connectivity index (χ4v) is 2.88. The van der Waals surface area contributed by atoms with E-state index >= 15 is 0 Å². The summed E-state index contributed by atoms with van der Waals surface area (Å²) < 4.78 is 19.9. The first-order chi connectivity index (χ1) is 10.1. The summed E-state index contributed by atoms with van der Waals surface area (Å²) in [5, 5.41) is 0. The van der Waals surface area contributed by atoms with Gasteiger partial charge < -0.3 is 10.5 Å². The average Bonchev–Trinajstić information content (AvgIpc) is 2.49. The molecule has 0 saturated heterocycles. The highest BCUT2D eigenvalue weighted by Crippen LogP contribution is 2.33. The number of hydrogen-bond acceptors (Lipinski definition) is 2. The van der Waals surface area contributed by atoms with E-state index in [2.05, 4.69) is 6.07 Å². The molecule has 0 amide bonds. The molecule has 0 spiro atoms. The molecule has 0 aromatic heterocycles. The Morgan fingerprint density at radius 2 is 1.86 bits per heavy atom. The summed E-state index contributed by atoms with van der Waals surface area (Å²) in [5.41, 5.74) is 9.29. The molecule has 3 heteroatoms. The highest BCUT2D eigenvalue weighted by Gasteiger charge is 2.15. The van der Waals surface area contributed by atoms with Crippen LogP contribution in [0.3, 0.4) is 0 Å². The molecule has 0 saturated carbocycles. The molecule has 1 aliphatic rings. The van der Waals surface area contributed by atoms with Gasteiger partial charge in [-0.25, -0.2) is 4.39 Å². The molecule has 1 atom stereocenters. The molecule has 0 aliphatic heterocycles. The van der Waals surface area contributed by atoms with Crippen LogP contribution in [0.15, 0.2) is 36.4 Å². The van der Waals surface area contributed by atoms with Gasteiger partial charge in [0.25, 0.3) is 0 Å². The minimum absolute atomic E-state index is 0.239. The number of benzene rings is 2. The minimum atomic E-state index is -0.373. The van der Waals surface area contributed by atoms with E-state index in [1.165, 1.54) is 30.0 Å². The minimum Gasteiger partial charge on any atom is -0.454 e. The van der Waals surface area contributed by atoms with Gasteiger partial charge in [-0.2, -0.15) is 0 Å². The van der Waals surface area contributed by atoms with Crippen molar-refractivity contribution < 1.29 is 9.13 Å². The lowest BCUT2D eigenvalue weighted by molar-refractivity contribution is 0.431. The molecule has 3 rings (SSSR count). The van der Waals surface area contributed by atoms with Crippen LogP contribution in [0.1, 0.15) is 42.5 Å². The predicted octanol–water partition coefficient (Wildman–Crippen LogP) is 4.52. The number of para-hydroxylation sites is 1. The van der Waals surface area contributed by atoms with Gasteiger partial charge in [-0.3, -0.25) is 0 Å². The van der Waals surface area contributed by atoms with Gasteiger partial charge in [-0.05, 0) is 61.9 Å². The van der Waals surface area contributed by atoms with Gasteiger partial charge in [0.2, 0.25) is 0 Å². The summed E-state index contributed by atoms with van der Waals surface area (Å²) >= 11 is 0. The zero-order valence-corrected chi connectivity index (χ0v) is 12.2. The summed E-state index contributed by atoms with van der Waals surface area (Å²) in [7, 11) is 0. The van der Waals surface area contributed by atoms with Crippen molar-refractivity contribution in [3.63, 3.8) is 0 Å². The summed E-state index contributed by atoms with van der Waals surface area (Å²) in [4.78, 5) is 0. The van der Waals surface area contributed by atoms with Crippen LogP contribution in [0.5, 0.6) is 11.5 Å². The molecule has 0 bridgehead atoms. The van der Waals surface area contributed by atoms with E-state index < -0.39 is 0 Å². The molecule has 1 aliphatic carbocycles. The first-order valence-corrected chi connectivity index (χ1v) is 7.49. The molecule has 0 radical (unpaired) electrons. The predicted molar refractivity (Wildman–Crippen MR) is 82.2 cm³/mol. The van der Waals surface area contributed by atoms with Gasteiger partial charge in [-0.1, -0.05) is 18.2 Å². The highest BCUT2D eigenvalue weighted by atomic mass is 19.1. The van der Waals surface area contributed by atoms with E-state index in [9.17, 15) is 4.39 Å². The number of fused-ring (bicyclic) bond motifs is 1. The second-order valence-corrected chi connectivity index (χ2v) is 5.69. The standard InChI is InChI=1S/C18H20FNO/c1-12(20)16-7-4-8-17(19)18(16)21-15-10-9-13-5-2-3-6-14(13)11-15/h4,7-12H,2-3,5-6,20H2,1H3. The molecule has 2 aromatic rings. The van der Waals surface area contributed by atoms with Gasteiger partial charge in [0, 0.05) is 11.6 Å². The second-order valence-electron chi connectivity index (χ2n) is 5.69. The van der Waals surface area contributed by atoms with Crippen molar-refractivity contribution in [2.45, 2.75) is 38.6 Å². The molecule has 2 N–H and O–H groups in total. The van der Waals surface area contributed by atoms with Gasteiger partial charge in [0.05, 0.1) is 0 Å². The quantitative estimate of drug-likeness (QED) is 0.900. The van der Waals surface area contributed by atoms with Crippen molar-refractivity contribution in [1.29, 1.82) is 0 Å². The smallest absolute Gasteiger partial charge is 0.167 e. The van der Waals surface area contributed by atoms with Crippen LogP contribution >= 0.6 is 0 Å². The Bertz CT molecular complexity index is 652. The Balaban J connectivity index is 1.94. The molecule has 2 aromatic carbocycles. The van der Waals surface area contributed by atoms with E-state index in [1.807, 2.05) is 25.1 Å². The first-order valence-electron chi connectivity index (χ1n) is 7.49. The van der Waals surface area contributed by atoms with E-state index in [0.717, 1.165) is 12.8 Å². The van der Waals surface area contributed by atoms with Gasteiger partial charge in [0.15, 0.2) is 11.6 Å². The van der Waals surface area contributed by atoms with Crippen LogP contribution < -0.4 is 10.5 Å². The van der Waals surface area contributed by atoms with Crippen LogP contribution in [0.4, 0.5) is 4.39 Å². The van der Waals surface area contributed by atoms with Crippen LogP contribution in [-0.4, -0.2) is 0 Å². The Kier molecular flexibility index (Phi) is 3.93. The van der Waals surface area contributed by atoms with Crippen LogP contribution in [0.2, 0.25) is 0 Å². The van der Waals surface area contributed by atoms with Crippen molar-refractivity contribution in [3.8, 4) is 11.5 Å². The lowest BCUT2D eigenvalue weighted by Crippen LogP contribution is -2.08. The fraction of sp³-hybridized carbons (Fsp3) is 0.333. The third-order valence-corrected chi connectivity index (χ3v) is 4.03. The lowest BCUT2D eigenvalue weighted by atomic mass is 9.92. The van der Waals surface area contributed by atoms with Gasteiger partial charge >= 0.3 is 0 Å². The summed E-state index contributed by atoms with van der Waals surface area (Å²) in [6.07, 6.45) is 4.65. The molecule has 21 heavy (non-hydrogen) atoms. The third-order valence-electron chi connectivity index (χ3n) is 4.03. The number of nitrogens with two attached hydrogens (primary N) is 1. The van der Waals surface area contributed by atoms with Crippen molar-refractivity contribution >= 4 is 0 Å². The first kappa shape index (κ1) is 14.1. The van der Waals surface area contributed by atoms with Crippen molar-refractivity contribution in [2.24, 2.45) is 5.73 Å². The van der Waals surface area contributed by atoms with Crippen molar-refractivity contribution in [3.05, 3.63) is 58.9 Å². The van der Waals surface area contributed by atoms with Gasteiger partial charge in [-0.15, -0.1) is 0 Å². The highest BCUT2D eigenvalue weighted by molar-refractivity contribution is 5.43. The molecule has 0 fully saturated rings. The van der Waals surface area contributed by atoms with Crippen LogP contribution in [-0.2, 0) is 12.8 Å². The fourth-order valence-electron chi connectivity index (χ4n) is 2.88. The maximum Gasteiger partial charge on any atom is 0.167 e. The van der Waals surface area contributed by atoms with Crippen molar-refractivity contribution in [2.75, 3.05) is 0 Å². The zero-order valence-electron chi connectivity index (χ0n) is 12.2. The van der Waals surface area contributed by atoms with Crippen LogP contribution in [0, 0.1) is 5.82 Å². The summed E-state index contributed by atoms with van der Waals surface area (Å²) in [6, 6.07) is 10.6. The zero-order chi connectivity index (χ0) is 14.8. The van der Waals surface area contributed by atoms with Gasteiger partial charge in [0.1, 0.15) is 5.75 Å². The SMILES string of the molecule is CC(N)c1cccc(F)c1Oc1ccc2c(c1)CCCC2. The average molecular weight is 285 g/mol. The monoisotopic (exact) mass is 285 g/mol. The third kappa shape index (κ3) is 2.93. The maximum atomic E-state index is 14.1. The molecule has 2 nitrogen and oxygen atoms in total. The maximum absolute atomic E-state index is 14.1. The van der Waals surface area contributed by atoms with E-state index in [4.69, 9.17) is 10.5 Å². The van der Waals surface area contributed by atoms with Crippen LogP contribution in [0.25, 0.3) is 0 Å².